The number of aryl methyl sites for hydroxylation is 2. The summed E-state index contributed by atoms with van der Waals surface area (Å²) >= 11 is 0. The lowest BCUT2D eigenvalue weighted by Crippen LogP contribution is -2.40. The maximum absolute atomic E-state index is 13.3. The van der Waals surface area contributed by atoms with E-state index < -0.39 is 0 Å². The zero-order valence-corrected chi connectivity index (χ0v) is 17.1. The summed E-state index contributed by atoms with van der Waals surface area (Å²) in [7, 11) is 3.15. The molecule has 2 aromatic rings. The molecule has 2 aliphatic heterocycles. The van der Waals surface area contributed by atoms with Crippen molar-refractivity contribution in [1.82, 2.24) is 0 Å². The molecule has 0 spiro atoms. The van der Waals surface area contributed by atoms with E-state index in [-0.39, 0.29) is 24.2 Å². The molecule has 6 nitrogen and oxygen atoms in total. The molecule has 0 aromatic heterocycles. The van der Waals surface area contributed by atoms with Crippen LogP contribution < -0.4 is 19.3 Å². The first-order valence-corrected chi connectivity index (χ1v) is 9.95. The SMILES string of the molecule is COc1ccc(N2CC(C(=O)N3CCCc4cc(C)ccc43)CC2=O)c(OC)c1. The molecule has 6 heteroatoms. The minimum atomic E-state index is -0.360. The summed E-state index contributed by atoms with van der Waals surface area (Å²) in [6.07, 6.45) is 2.14. The molecule has 2 heterocycles. The number of amides is 2. The molecule has 0 bridgehead atoms. The van der Waals surface area contributed by atoms with Gasteiger partial charge in [0.1, 0.15) is 11.5 Å². The Balaban J connectivity index is 1.57. The molecule has 2 aromatic carbocycles. The van der Waals surface area contributed by atoms with Crippen LogP contribution in [-0.4, -0.2) is 39.1 Å². The average molecular weight is 394 g/mol. The molecule has 1 atom stereocenters. The Morgan fingerprint density at radius 3 is 2.62 bits per heavy atom. The molecule has 0 radical (unpaired) electrons. The molecule has 0 N–H and O–H groups in total. The number of carbonyl (C=O) groups is 2. The minimum absolute atomic E-state index is 0.0260. The maximum Gasteiger partial charge on any atom is 0.232 e. The lowest BCUT2D eigenvalue weighted by Gasteiger charge is -2.31. The van der Waals surface area contributed by atoms with Gasteiger partial charge in [0.25, 0.3) is 0 Å². The van der Waals surface area contributed by atoms with Crippen molar-refractivity contribution in [3.05, 3.63) is 47.5 Å². The van der Waals surface area contributed by atoms with Crippen LogP contribution in [0.5, 0.6) is 11.5 Å². The number of rotatable bonds is 4. The van der Waals surface area contributed by atoms with Crippen LogP contribution in [0.1, 0.15) is 24.0 Å². The van der Waals surface area contributed by atoms with E-state index in [1.54, 1.807) is 37.3 Å². The van der Waals surface area contributed by atoms with Gasteiger partial charge in [-0.2, -0.15) is 0 Å². The molecule has 1 saturated heterocycles. The summed E-state index contributed by atoms with van der Waals surface area (Å²) in [5.41, 5.74) is 4.07. The average Bonchev–Trinajstić information content (AvgIpc) is 3.13. The Labute approximate surface area is 171 Å². The second kappa shape index (κ2) is 7.78. The van der Waals surface area contributed by atoms with Crippen molar-refractivity contribution in [3.63, 3.8) is 0 Å². The fraction of sp³-hybridized carbons (Fsp3) is 0.391. The minimum Gasteiger partial charge on any atom is -0.497 e. The van der Waals surface area contributed by atoms with Gasteiger partial charge in [0.2, 0.25) is 11.8 Å². The van der Waals surface area contributed by atoms with Crippen molar-refractivity contribution < 1.29 is 19.1 Å². The van der Waals surface area contributed by atoms with Gasteiger partial charge >= 0.3 is 0 Å². The number of hydrogen-bond acceptors (Lipinski definition) is 4. The van der Waals surface area contributed by atoms with E-state index in [0.29, 0.717) is 30.3 Å². The van der Waals surface area contributed by atoms with Gasteiger partial charge in [-0.25, -0.2) is 0 Å². The molecule has 29 heavy (non-hydrogen) atoms. The van der Waals surface area contributed by atoms with Crippen LogP contribution in [-0.2, 0) is 16.0 Å². The Morgan fingerprint density at radius 2 is 1.86 bits per heavy atom. The van der Waals surface area contributed by atoms with Crippen LogP contribution in [0.3, 0.4) is 0 Å². The number of nitrogens with zero attached hydrogens (tertiary/aromatic N) is 2. The lowest BCUT2D eigenvalue weighted by molar-refractivity contribution is -0.124. The highest BCUT2D eigenvalue weighted by Gasteiger charge is 2.39. The number of hydrogen-bond donors (Lipinski definition) is 0. The van der Waals surface area contributed by atoms with Crippen molar-refractivity contribution in [3.8, 4) is 11.5 Å². The van der Waals surface area contributed by atoms with Crippen LogP contribution in [0.25, 0.3) is 0 Å². The third kappa shape index (κ3) is 3.55. The van der Waals surface area contributed by atoms with Gasteiger partial charge in [-0.05, 0) is 43.5 Å². The topological polar surface area (TPSA) is 59.1 Å². The number of methoxy groups -OCH3 is 2. The normalized spacial score (nSPS) is 18.6. The van der Waals surface area contributed by atoms with Crippen LogP contribution in [0.2, 0.25) is 0 Å². The highest BCUT2D eigenvalue weighted by molar-refractivity contribution is 6.05. The first-order chi connectivity index (χ1) is 14.0. The summed E-state index contributed by atoms with van der Waals surface area (Å²) in [5.74, 6) is 0.822. The number of fused-ring (bicyclic) bond motifs is 1. The second-order valence-electron chi connectivity index (χ2n) is 7.67. The Morgan fingerprint density at radius 1 is 1.07 bits per heavy atom. The monoisotopic (exact) mass is 394 g/mol. The molecule has 152 valence electrons. The summed E-state index contributed by atoms with van der Waals surface area (Å²) < 4.78 is 10.7. The predicted molar refractivity (Wildman–Crippen MR) is 112 cm³/mol. The first kappa shape index (κ1) is 19.3. The third-order valence-electron chi connectivity index (χ3n) is 5.77. The largest absolute Gasteiger partial charge is 0.497 e. The van der Waals surface area contributed by atoms with Crippen LogP contribution in [0.15, 0.2) is 36.4 Å². The Kier molecular flexibility index (Phi) is 5.18. The second-order valence-corrected chi connectivity index (χ2v) is 7.67. The van der Waals surface area contributed by atoms with Gasteiger partial charge < -0.3 is 19.3 Å². The lowest BCUT2D eigenvalue weighted by atomic mass is 9.97. The van der Waals surface area contributed by atoms with Crippen LogP contribution in [0.4, 0.5) is 11.4 Å². The molecule has 0 aliphatic carbocycles. The molecular formula is C23H26N2O4. The fourth-order valence-electron chi connectivity index (χ4n) is 4.29. The third-order valence-corrected chi connectivity index (χ3v) is 5.77. The van der Waals surface area contributed by atoms with E-state index in [1.807, 2.05) is 17.0 Å². The van der Waals surface area contributed by atoms with Crippen molar-refractivity contribution >= 4 is 23.2 Å². The molecule has 1 unspecified atom stereocenters. The Hall–Kier alpha value is -3.02. The van der Waals surface area contributed by atoms with E-state index in [9.17, 15) is 9.59 Å². The molecule has 0 saturated carbocycles. The highest BCUT2D eigenvalue weighted by atomic mass is 16.5. The van der Waals surface area contributed by atoms with Crippen molar-refractivity contribution in [2.75, 3.05) is 37.1 Å². The van der Waals surface area contributed by atoms with E-state index in [4.69, 9.17) is 9.47 Å². The van der Waals surface area contributed by atoms with Crippen molar-refractivity contribution in [1.29, 1.82) is 0 Å². The molecule has 2 aliphatic rings. The van der Waals surface area contributed by atoms with Gasteiger partial charge in [-0.15, -0.1) is 0 Å². The van der Waals surface area contributed by atoms with E-state index in [2.05, 4.69) is 13.0 Å². The summed E-state index contributed by atoms with van der Waals surface area (Å²) in [6, 6.07) is 11.6. The smallest absolute Gasteiger partial charge is 0.232 e. The summed E-state index contributed by atoms with van der Waals surface area (Å²) in [6.45, 7) is 3.13. The first-order valence-electron chi connectivity index (χ1n) is 9.95. The Bertz CT molecular complexity index is 956. The van der Waals surface area contributed by atoms with Gasteiger partial charge in [-0.3, -0.25) is 9.59 Å². The van der Waals surface area contributed by atoms with Gasteiger partial charge in [0.05, 0.1) is 25.8 Å². The standard InChI is InChI=1S/C23H26N2O4/c1-15-6-8-19-16(11-15)5-4-10-24(19)23(27)17-12-22(26)25(14-17)20-9-7-18(28-2)13-21(20)29-3/h6-9,11,13,17H,4-5,10,12,14H2,1-3H3. The predicted octanol–water partition coefficient (Wildman–Crippen LogP) is 3.34. The van der Waals surface area contributed by atoms with Crippen molar-refractivity contribution in [2.24, 2.45) is 5.92 Å². The highest BCUT2D eigenvalue weighted by Crippen LogP contribution is 2.37. The zero-order chi connectivity index (χ0) is 20.5. The maximum atomic E-state index is 13.3. The van der Waals surface area contributed by atoms with Gasteiger partial charge in [-0.1, -0.05) is 17.7 Å². The number of ether oxygens (including phenoxy) is 2. The number of benzene rings is 2. The van der Waals surface area contributed by atoms with Gasteiger partial charge in [0, 0.05) is 31.3 Å². The molecule has 1 fully saturated rings. The van der Waals surface area contributed by atoms with E-state index in [0.717, 1.165) is 18.5 Å². The quantitative estimate of drug-likeness (QED) is 0.798. The molecule has 2 amide bonds. The van der Waals surface area contributed by atoms with E-state index in [1.165, 1.54) is 11.1 Å². The van der Waals surface area contributed by atoms with Gasteiger partial charge in [0.15, 0.2) is 0 Å². The number of anilines is 2. The van der Waals surface area contributed by atoms with Crippen molar-refractivity contribution in [2.45, 2.75) is 26.2 Å². The summed E-state index contributed by atoms with van der Waals surface area (Å²) in [5, 5.41) is 0. The summed E-state index contributed by atoms with van der Waals surface area (Å²) in [4.78, 5) is 29.6. The zero-order valence-electron chi connectivity index (χ0n) is 17.1. The van der Waals surface area contributed by atoms with Crippen LogP contribution >= 0.6 is 0 Å². The molecule has 4 rings (SSSR count). The molecular weight excluding hydrogens is 368 g/mol. The van der Waals surface area contributed by atoms with E-state index >= 15 is 0 Å². The number of carbonyl (C=O) groups excluding carboxylic acids is 2. The fourth-order valence-corrected chi connectivity index (χ4v) is 4.29. The van der Waals surface area contributed by atoms with Crippen LogP contribution in [0, 0.1) is 12.8 Å².